The summed E-state index contributed by atoms with van der Waals surface area (Å²) in [7, 11) is 3.27. The van der Waals surface area contributed by atoms with Crippen LogP contribution in [0.2, 0.25) is 0 Å². The number of thiazole rings is 1. The van der Waals surface area contributed by atoms with Gasteiger partial charge in [-0.25, -0.2) is 9.37 Å². The van der Waals surface area contributed by atoms with Crippen LogP contribution in [0.25, 0.3) is 10.2 Å². The van der Waals surface area contributed by atoms with Gasteiger partial charge in [-0.3, -0.25) is 4.79 Å². The van der Waals surface area contributed by atoms with Crippen LogP contribution < -0.4 is 14.4 Å². The molecule has 2 aromatic carbocycles. The Bertz CT molecular complexity index is 1160. The minimum Gasteiger partial charge on any atom is -0.493 e. The van der Waals surface area contributed by atoms with E-state index in [-0.39, 0.29) is 17.6 Å². The second kappa shape index (κ2) is 8.58. The molecule has 0 N–H and O–H groups in total. The minimum atomic E-state index is -0.283. The molecule has 2 aliphatic rings. The summed E-state index contributed by atoms with van der Waals surface area (Å²) in [6, 6.07) is 9.07. The van der Waals surface area contributed by atoms with Crippen molar-refractivity contribution in [2.24, 2.45) is 5.92 Å². The predicted molar refractivity (Wildman–Crippen MR) is 123 cm³/mol. The lowest BCUT2D eigenvalue weighted by Crippen LogP contribution is -2.44. The highest BCUT2D eigenvalue weighted by molar-refractivity contribution is 7.22. The van der Waals surface area contributed by atoms with Gasteiger partial charge in [-0.2, -0.15) is 0 Å². The average Bonchev–Trinajstić information content (AvgIpc) is 3.28. The first-order chi connectivity index (χ1) is 15.6. The number of hydrogen-bond donors (Lipinski definition) is 0. The van der Waals surface area contributed by atoms with Gasteiger partial charge in [0.15, 0.2) is 16.6 Å². The number of methoxy groups -OCH3 is 2. The van der Waals surface area contributed by atoms with Crippen LogP contribution in [-0.4, -0.2) is 49.6 Å². The number of rotatable bonds is 4. The molecular formula is C24H26FN3O3S. The SMILES string of the molecule is COc1cc2c(cc1OC)CN(C(=O)C1CCN(c3nc4c(F)cccc4s3)CC1)CC2. The lowest BCUT2D eigenvalue weighted by atomic mass is 9.93. The molecule has 2 aliphatic heterocycles. The fourth-order valence-corrected chi connectivity index (χ4v) is 5.72. The van der Waals surface area contributed by atoms with Crippen molar-refractivity contribution < 1.29 is 18.7 Å². The molecule has 0 unspecified atom stereocenters. The fourth-order valence-electron chi connectivity index (χ4n) is 4.69. The number of halogens is 1. The number of fused-ring (bicyclic) bond motifs is 2. The second-order valence-corrected chi connectivity index (χ2v) is 9.34. The van der Waals surface area contributed by atoms with Crippen LogP contribution in [0.3, 0.4) is 0 Å². The zero-order chi connectivity index (χ0) is 22.2. The van der Waals surface area contributed by atoms with E-state index in [1.807, 2.05) is 23.1 Å². The number of nitrogens with zero attached hydrogens (tertiary/aromatic N) is 3. The number of piperidine rings is 1. The van der Waals surface area contributed by atoms with E-state index in [9.17, 15) is 9.18 Å². The van der Waals surface area contributed by atoms with Crippen molar-refractivity contribution in [2.75, 3.05) is 38.8 Å². The molecule has 0 radical (unpaired) electrons. The van der Waals surface area contributed by atoms with Gasteiger partial charge in [0.05, 0.1) is 18.9 Å². The van der Waals surface area contributed by atoms with Crippen LogP contribution in [0.4, 0.5) is 9.52 Å². The van der Waals surface area contributed by atoms with E-state index in [1.165, 1.54) is 23.0 Å². The van der Waals surface area contributed by atoms with Crippen molar-refractivity contribution in [3.63, 3.8) is 0 Å². The molecule has 1 saturated heterocycles. The Balaban J connectivity index is 1.24. The molecule has 0 atom stereocenters. The van der Waals surface area contributed by atoms with Crippen LogP contribution >= 0.6 is 11.3 Å². The largest absolute Gasteiger partial charge is 0.493 e. The van der Waals surface area contributed by atoms with Gasteiger partial charge in [0, 0.05) is 32.1 Å². The van der Waals surface area contributed by atoms with Crippen LogP contribution in [0, 0.1) is 11.7 Å². The van der Waals surface area contributed by atoms with Gasteiger partial charge < -0.3 is 19.3 Å². The summed E-state index contributed by atoms with van der Waals surface area (Å²) >= 11 is 1.51. The molecule has 3 heterocycles. The molecule has 5 rings (SSSR count). The number of aromatic nitrogens is 1. The van der Waals surface area contributed by atoms with Gasteiger partial charge in [0.1, 0.15) is 11.3 Å². The quantitative estimate of drug-likeness (QED) is 0.589. The molecule has 1 amide bonds. The standard InChI is InChI=1S/C24H26FN3O3S/c1-30-19-12-16-8-11-28(14-17(16)13-20(19)31-2)23(29)15-6-9-27(10-7-15)24-26-22-18(25)4-3-5-21(22)32-24/h3-5,12-13,15H,6-11,14H2,1-2H3. The second-order valence-electron chi connectivity index (χ2n) is 8.33. The highest BCUT2D eigenvalue weighted by Crippen LogP contribution is 2.35. The topological polar surface area (TPSA) is 54.9 Å². The van der Waals surface area contributed by atoms with Crippen LogP contribution in [0.15, 0.2) is 30.3 Å². The molecule has 0 bridgehead atoms. The van der Waals surface area contributed by atoms with Crippen molar-refractivity contribution in [3.8, 4) is 11.5 Å². The first-order valence-corrected chi connectivity index (χ1v) is 11.7. The molecule has 1 fully saturated rings. The van der Waals surface area contributed by atoms with E-state index in [0.29, 0.717) is 17.8 Å². The maximum absolute atomic E-state index is 14.0. The third-order valence-electron chi connectivity index (χ3n) is 6.50. The normalized spacial score (nSPS) is 16.8. The van der Waals surface area contributed by atoms with Crippen LogP contribution in [0.5, 0.6) is 11.5 Å². The van der Waals surface area contributed by atoms with Crippen molar-refractivity contribution in [3.05, 3.63) is 47.3 Å². The number of anilines is 1. The summed E-state index contributed by atoms with van der Waals surface area (Å²) in [5, 5.41) is 0.837. The van der Waals surface area contributed by atoms with Gasteiger partial charge in [-0.15, -0.1) is 0 Å². The van der Waals surface area contributed by atoms with Gasteiger partial charge in [0.25, 0.3) is 0 Å². The van der Waals surface area contributed by atoms with E-state index in [0.717, 1.165) is 60.0 Å². The highest BCUT2D eigenvalue weighted by atomic mass is 32.1. The van der Waals surface area contributed by atoms with Crippen LogP contribution in [-0.2, 0) is 17.8 Å². The zero-order valence-corrected chi connectivity index (χ0v) is 19.1. The van der Waals surface area contributed by atoms with Crippen molar-refractivity contribution in [1.82, 2.24) is 9.88 Å². The Kier molecular flexibility index (Phi) is 5.63. The summed E-state index contributed by atoms with van der Waals surface area (Å²) in [5.41, 5.74) is 2.77. The summed E-state index contributed by atoms with van der Waals surface area (Å²) in [4.78, 5) is 21.9. The number of hydrogen-bond acceptors (Lipinski definition) is 6. The Hall–Kier alpha value is -2.87. The molecule has 8 heteroatoms. The number of carbonyl (C=O) groups excluding carboxylic acids is 1. The number of para-hydroxylation sites is 1. The number of benzene rings is 2. The van der Waals surface area contributed by atoms with E-state index < -0.39 is 0 Å². The fraction of sp³-hybridized carbons (Fsp3) is 0.417. The van der Waals surface area contributed by atoms with Gasteiger partial charge in [-0.1, -0.05) is 17.4 Å². The van der Waals surface area contributed by atoms with Crippen molar-refractivity contribution in [1.29, 1.82) is 0 Å². The molecule has 3 aromatic rings. The Morgan fingerprint density at radius 3 is 2.50 bits per heavy atom. The van der Waals surface area contributed by atoms with E-state index in [4.69, 9.17) is 9.47 Å². The average molecular weight is 456 g/mol. The maximum atomic E-state index is 14.0. The first kappa shape index (κ1) is 21.0. The molecule has 6 nitrogen and oxygen atoms in total. The Labute approximate surface area is 190 Å². The maximum Gasteiger partial charge on any atom is 0.226 e. The summed E-state index contributed by atoms with van der Waals surface area (Å²) in [6.07, 6.45) is 2.39. The lowest BCUT2D eigenvalue weighted by Gasteiger charge is -2.36. The van der Waals surface area contributed by atoms with Crippen molar-refractivity contribution in [2.45, 2.75) is 25.8 Å². The molecule has 1 aromatic heterocycles. The number of carbonyl (C=O) groups is 1. The van der Waals surface area contributed by atoms with Crippen molar-refractivity contribution >= 4 is 32.6 Å². The zero-order valence-electron chi connectivity index (χ0n) is 18.3. The first-order valence-electron chi connectivity index (χ1n) is 10.9. The van der Waals surface area contributed by atoms with Crippen LogP contribution in [0.1, 0.15) is 24.0 Å². The molecular weight excluding hydrogens is 429 g/mol. The third-order valence-corrected chi connectivity index (χ3v) is 7.58. The Morgan fingerprint density at radius 2 is 1.81 bits per heavy atom. The Morgan fingerprint density at radius 1 is 1.09 bits per heavy atom. The minimum absolute atomic E-state index is 0.0130. The molecule has 0 spiro atoms. The van der Waals surface area contributed by atoms with E-state index in [2.05, 4.69) is 9.88 Å². The number of amides is 1. The smallest absolute Gasteiger partial charge is 0.226 e. The van der Waals surface area contributed by atoms with Gasteiger partial charge >= 0.3 is 0 Å². The van der Waals surface area contributed by atoms with E-state index >= 15 is 0 Å². The number of ether oxygens (including phenoxy) is 2. The lowest BCUT2D eigenvalue weighted by molar-refractivity contribution is -0.137. The summed E-state index contributed by atoms with van der Waals surface area (Å²) in [5.74, 6) is 1.38. The van der Waals surface area contributed by atoms with Gasteiger partial charge in [-0.05, 0) is 54.7 Å². The molecule has 0 saturated carbocycles. The monoisotopic (exact) mass is 455 g/mol. The molecule has 32 heavy (non-hydrogen) atoms. The van der Waals surface area contributed by atoms with E-state index in [1.54, 1.807) is 20.3 Å². The van der Waals surface area contributed by atoms with Gasteiger partial charge in [0.2, 0.25) is 5.91 Å². The molecule has 168 valence electrons. The molecule has 0 aliphatic carbocycles. The highest BCUT2D eigenvalue weighted by Gasteiger charge is 2.31. The third kappa shape index (κ3) is 3.77. The summed E-state index contributed by atoms with van der Waals surface area (Å²) in [6.45, 7) is 2.84. The predicted octanol–water partition coefficient (Wildman–Crippen LogP) is 4.25. The summed E-state index contributed by atoms with van der Waals surface area (Å²) < 4.78 is 25.7.